The number of esters is 1. The Hall–Kier alpha value is -1.88. The van der Waals surface area contributed by atoms with Gasteiger partial charge in [0.05, 0.1) is 12.7 Å². The van der Waals surface area contributed by atoms with Gasteiger partial charge >= 0.3 is 5.97 Å². The largest absolute Gasteiger partial charge is 0.465 e. The van der Waals surface area contributed by atoms with E-state index >= 15 is 0 Å². The van der Waals surface area contributed by atoms with Crippen LogP contribution in [0, 0.1) is 5.92 Å². The SMILES string of the molecule is COC(=O)c1ccc2c(c1)C(N)[C@H](C)CN2C(C)=O. The summed E-state index contributed by atoms with van der Waals surface area (Å²) in [5, 5.41) is 0. The van der Waals surface area contributed by atoms with Crippen LogP contribution in [0.4, 0.5) is 5.69 Å². The maximum atomic E-state index is 11.7. The molecule has 1 aliphatic heterocycles. The van der Waals surface area contributed by atoms with Crippen molar-refractivity contribution >= 4 is 17.6 Å². The van der Waals surface area contributed by atoms with E-state index in [0.717, 1.165) is 11.3 Å². The Bertz CT molecular complexity index is 527. The van der Waals surface area contributed by atoms with Gasteiger partial charge in [-0.2, -0.15) is 0 Å². The van der Waals surface area contributed by atoms with E-state index in [9.17, 15) is 9.59 Å². The topological polar surface area (TPSA) is 72.6 Å². The van der Waals surface area contributed by atoms with Crippen LogP contribution in [0.1, 0.15) is 35.8 Å². The Morgan fingerprint density at radius 2 is 2.11 bits per heavy atom. The minimum atomic E-state index is -0.400. The molecule has 1 unspecified atom stereocenters. The van der Waals surface area contributed by atoms with E-state index in [1.165, 1.54) is 14.0 Å². The molecule has 2 rings (SSSR count). The summed E-state index contributed by atoms with van der Waals surface area (Å²) in [7, 11) is 1.34. The lowest BCUT2D eigenvalue weighted by Gasteiger charge is -2.36. The first-order valence-electron chi connectivity index (χ1n) is 6.21. The van der Waals surface area contributed by atoms with Crippen molar-refractivity contribution in [3.8, 4) is 0 Å². The summed E-state index contributed by atoms with van der Waals surface area (Å²) < 4.78 is 4.70. The van der Waals surface area contributed by atoms with Gasteiger partial charge < -0.3 is 15.4 Å². The molecular formula is C14H18N2O3. The predicted octanol–water partition coefficient (Wildman–Crippen LogP) is 1.48. The molecule has 1 aliphatic rings. The number of methoxy groups -OCH3 is 1. The minimum Gasteiger partial charge on any atom is -0.465 e. The van der Waals surface area contributed by atoms with Gasteiger partial charge in [0.2, 0.25) is 5.91 Å². The summed E-state index contributed by atoms with van der Waals surface area (Å²) in [4.78, 5) is 24.9. The van der Waals surface area contributed by atoms with E-state index in [1.807, 2.05) is 6.92 Å². The number of nitrogens with two attached hydrogens (primary N) is 1. The van der Waals surface area contributed by atoms with Crippen LogP contribution in [0.3, 0.4) is 0 Å². The molecule has 0 saturated heterocycles. The van der Waals surface area contributed by atoms with Gasteiger partial charge in [0.15, 0.2) is 0 Å². The number of benzene rings is 1. The summed E-state index contributed by atoms with van der Waals surface area (Å²) >= 11 is 0. The summed E-state index contributed by atoms with van der Waals surface area (Å²) in [5.74, 6) is -0.280. The van der Waals surface area contributed by atoms with Gasteiger partial charge in [-0.15, -0.1) is 0 Å². The maximum absolute atomic E-state index is 11.7. The molecule has 1 aromatic rings. The van der Waals surface area contributed by atoms with Crippen molar-refractivity contribution in [2.75, 3.05) is 18.6 Å². The first-order valence-corrected chi connectivity index (χ1v) is 6.21. The molecule has 102 valence electrons. The van der Waals surface area contributed by atoms with Crippen molar-refractivity contribution in [3.05, 3.63) is 29.3 Å². The van der Waals surface area contributed by atoms with Crippen molar-refractivity contribution in [2.24, 2.45) is 11.7 Å². The molecule has 5 nitrogen and oxygen atoms in total. The Morgan fingerprint density at radius 1 is 1.42 bits per heavy atom. The third-order valence-corrected chi connectivity index (χ3v) is 3.56. The second-order valence-corrected chi connectivity index (χ2v) is 4.90. The van der Waals surface area contributed by atoms with Crippen LogP contribution in [0.2, 0.25) is 0 Å². The Morgan fingerprint density at radius 3 is 2.68 bits per heavy atom. The second kappa shape index (κ2) is 5.01. The van der Waals surface area contributed by atoms with E-state index in [-0.39, 0.29) is 17.9 Å². The molecular weight excluding hydrogens is 244 g/mol. The van der Waals surface area contributed by atoms with E-state index in [4.69, 9.17) is 10.5 Å². The summed E-state index contributed by atoms with van der Waals surface area (Å²) in [6.45, 7) is 4.12. The number of hydrogen-bond donors (Lipinski definition) is 1. The van der Waals surface area contributed by atoms with Gasteiger partial charge in [-0.25, -0.2) is 4.79 Å². The number of carbonyl (C=O) groups is 2. The third-order valence-electron chi connectivity index (χ3n) is 3.56. The third kappa shape index (κ3) is 2.33. The van der Waals surface area contributed by atoms with Crippen molar-refractivity contribution in [3.63, 3.8) is 0 Å². The molecule has 2 atom stereocenters. The molecule has 0 radical (unpaired) electrons. The highest BCUT2D eigenvalue weighted by Crippen LogP contribution is 2.36. The first kappa shape index (κ1) is 13.5. The molecule has 0 aromatic heterocycles. The van der Waals surface area contributed by atoms with Crippen LogP contribution >= 0.6 is 0 Å². The molecule has 1 heterocycles. The van der Waals surface area contributed by atoms with Crippen LogP contribution < -0.4 is 10.6 Å². The number of fused-ring (bicyclic) bond motifs is 1. The molecule has 19 heavy (non-hydrogen) atoms. The van der Waals surface area contributed by atoms with Crippen molar-refractivity contribution in [1.82, 2.24) is 0 Å². The average Bonchev–Trinajstić information content (AvgIpc) is 2.41. The maximum Gasteiger partial charge on any atom is 0.337 e. The summed E-state index contributed by atoms with van der Waals surface area (Å²) in [5.41, 5.74) is 8.23. The molecule has 0 spiro atoms. The predicted molar refractivity (Wildman–Crippen MR) is 71.9 cm³/mol. The van der Waals surface area contributed by atoms with Crippen LogP contribution in [-0.2, 0) is 9.53 Å². The van der Waals surface area contributed by atoms with Gasteiger partial charge in [0.25, 0.3) is 0 Å². The molecule has 1 aromatic carbocycles. The van der Waals surface area contributed by atoms with Crippen LogP contribution in [0.25, 0.3) is 0 Å². The second-order valence-electron chi connectivity index (χ2n) is 4.90. The van der Waals surface area contributed by atoms with Crippen molar-refractivity contribution in [2.45, 2.75) is 19.9 Å². The van der Waals surface area contributed by atoms with Crippen LogP contribution in [0.15, 0.2) is 18.2 Å². The van der Waals surface area contributed by atoms with Gasteiger partial charge in [0, 0.05) is 25.2 Å². The molecule has 0 aliphatic carbocycles. The van der Waals surface area contributed by atoms with Crippen LogP contribution in [-0.4, -0.2) is 25.5 Å². The standard InChI is InChI=1S/C14H18N2O3/c1-8-7-16(9(2)17)12-5-4-10(14(18)19-3)6-11(12)13(8)15/h4-6,8,13H,7,15H2,1-3H3/t8-,13?/m1/s1. The number of nitrogens with zero attached hydrogens (tertiary/aromatic N) is 1. The van der Waals surface area contributed by atoms with Crippen LogP contribution in [0.5, 0.6) is 0 Å². The Balaban J connectivity index is 2.51. The molecule has 2 N–H and O–H groups in total. The fourth-order valence-electron chi connectivity index (χ4n) is 2.42. The number of anilines is 1. The minimum absolute atomic E-state index is 0.0224. The lowest BCUT2D eigenvalue weighted by Crippen LogP contribution is -2.42. The fraction of sp³-hybridized carbons (Fsp3) is 0.429. The number of ether oxygens (including phenoxy) is 1. The zero-order valence-electron chi connectivity index (χ0n) is 11.3. The highest BCUT2D eigenvalue weighted by Gasteiger charge is 2.30. The summed E-state index contributed by atoms with van der Waals surface area (Å²) in [6, 6.07) is 4.95. The number of carbonyl (C=O) groups excluding carboxylic acids is 2. The highest BCUT2D eigenvalue weighted by atomic mass is 16.5. The first-order chi connectivity index (χ1) is 8.95. The Labute approximate surface area is 112 Å². The number of hydrogen-bond acceptors (Lipinski definition) is 4. The van der Waals surface area contributed by atoms with Gasteiger partial charge in [-0.3, -0.25) is 4.79 Å². The Kier molecular flexibility index (Phi) is 3.57. The van der Waals surface area contributed by atoms with Crippen molar-refractivity contribution < 1.29 is 14.3 Å². The monoisotopic (exact) mass is 262 g/mol. The lowest BCUT2D eigenvalue weighted by molar-refractivity contribution is -0.116. The molecule has 0 saturated carbocycles. The lowest BCUT2D eigenvalue weighted by atomic mass is 9.88. The van der Waals surface area contributed by atoms with E-state index in [1.54, 1.807) is 23.1 Å². The molecule has 0 bridgehead atoms. The van der Waals surface area contributed by atoms with Gasteiger partial charge in [-0.05, 0) is 29.7 Å². The number of rotatable bonds is 1. The quantitative estimate of drug-likeness (QED) is 0.778. The summed E-state index contributed by atoms with van der Waals surface area (Å²) in [6.07, 6.45) is 0. The highest BCUT2D eigenvalue weighted by molar-refractivity contribution is 5.95. The van der Waals surface area contributed by atoms with E-state index in [0.29, 0.717) is 12.1 Å². The smallest absolute Gasteiger partial charge is 0.337 e. The average molecular weight is 262 g/mol. The molecule has 1 amide bonds. The van der Waals surface area contributed by atoms with Crippen molar-refractivity contribution in [1.29, 1.82) is 0 Å². The van der Waals surface area contributed by atoms with E-state index < -0.39 is 5.97 Å². The molecule has 5 heteroatoms. The normalized spacial score (nSPS) is 21.8. The zero-order chi connectivity index (χ0) is 14.2. The molecule has 0 fully saturated rings. The fourth-order valence-corrected chi connectivity index (χ4v) is 2.42. The van der Waals surface area contributed by atoms with E-state index in [2.05, 4.69) is 0 Å². The zero-order valence-corrected chi connectivity index (χ0v) is 11.3. The number of amides is 1. The van der Waals surface area contributed by atoms with Gasteiger partial charge in [-0.1, -0.05) is 6.92 Å². The van der Waals surface area contributed by atoms with Gasteiger partial charge in [0.1, 0.15) is 0 Å².